The quantitative estimate of drug-likeness (QED) is 0.855. The summed E-state index contributed by atoms with van der Waals surface area (Å²) >= 11 is 0. The molecule has 2 rings (SSSR count). The van der Waals surface area contributed by atoms with Crippen LogP contribution in [0, 0.1) is 5.92 Å². The number of aromatic nitrogens is 2. The summed E-state index contributed by atoms with van der Waals surface area (Å²) in [5, 5.41) is 3.21. The minimum atomic E-state index is 0.252. The highest BCUT2D eigenvalue weighted by atomic mass is 16.5. The van der Waals surface area contributed by atoms with Crippen molar-refractivity contribution in [2.24, 2.45) is 5.92 Å². The Morgan fingerprint density at radius 3 is 2.89 bits per heavy atom. The summed E-state index contributed by atoms with van der Waals surface area (Å²) in [6.07, 6.45) is 6.16. The Labute approximate surface area is 115 Å². The van der Waals surface area contributed by atoms with Gasteiger partial charge in [0.05, 0.1) is 0 Å². The predicted octanol–water partition coefficient (Wildman–Crippen LogP) is 2.84. The van der Waals surface area contributed by atoms with E-state index in [-0.39, 0.29) is 12.1 Å². The molecule has 1 heterocycles. The van der Waals surface area contributed by atoms with Crippen LogP contribution in [0.5, 0.6) is 5.88 Å². The fraction of sp³-hybridized carbons (Fsp3) is 0.714. The standard InChI is InChI=1S/C14H24N4O/c1-3-8-16-12-9-13(18-14(15)17-12)19-11-7-5-4-6-10(11)2/h9-11H,3-8H2,1-2H3,(H3,15,16,17,18). The number of anilines is 2. The minimum Gasteiger partial charge on any atom is -0.474 e. The van der Waals surface area contributed by atoms with E-state index in [1.807, 2.05) is 6.07 Å². The van der Waals surface area contributed by atoms with Gasteiger partial charge in [-0.3, -0.25) is 0 Å². The molecule has 5 heteroatoms. The van der Waals surface area contributed by atoms with Gasteiger partial charge in [0, 0.05) is 12.6 Å². The van der Waals surface area contributed by atoms with Gasteiger partial charge in [-0.15, -0.1) is 0 Å². The molecule has 0 radical (unpaired) electrons. The van der Waals surface area contributed by atoms with Crippen molar-refractivity contribution in [3.63, 3.8) is 0 Å². The summed E-state index contributed by atoms with van der Waals surface area (Å²) in [6, 6.07) is 1.84. The van der Waals surface area contributed by atoms with E-state index in [0.29, 0.717) is 11.8 Å². The van der Waals surface area contributed by atoms with Crippen LogP contribution in [0.1, 0.15) is 46.0 Å². The Morgan fingerprint density at radius 1 is 1.37 bits per heavy atom. The lowest BCUT2D eigenvalue weighted by Gasteiger charge is -2.28. The Balaban J connectivity index is 2.04. The summed E-state index contributed by atoms with van der Waals surface area (Å²) in [7, 11) is 0. The second-order valence-corrected chi connectivity index (χ2v) is 5.29. The highest BCUT2D eigenvalue weighted by Crippen LogP contribution is 2.28. The summed E-state index contributed by atoms with van der Waals surface area (Å²) < 4.78 is 6.00. The molecule has 1 aliphatic carbocycles. The normalized spacial score (nSPS) is 23.1. The molecule has 19 heavy (non-hydrogen) atoms. The van der Waals surface area contributed by atoms with E-state index in [1.54, 1.807) is 0 Å². The third-order valence-electron chi connectivity index (χ3n) is 3.58. The molecule has 1 aliphatic rings. The van der Waals surface area contributed by atoms with E-state index in [9.17, 15) is 0 Å². The molecule has 1 fully saturated rings. The van der Waals surface area contributed by atoms with Gasteiger partial charge in [0.1, 0.15) is 11.9 Å². The first-order valence-electron chi connectivity index (χ1n) is 7.24. The van der Waals surface area contributed by atoms with Gasteiger partial charge in [-0.2, -0.15) is 9.97 Å². The van der Waals surface area contributed by atoms with Crippen molar-refractivity contribution in [2.75, 3.05) is 17.6 Å². The number of nitrogens with one attached hydrogen (secondary N) is 1. The van der Waals surface area contributed by atoms with Gasteiger partial charge < -0.3 is 15.8 Å². The monoisotopic (exact) mass is 264 g/mol. The molecule has 0 bridgehead atoms. The number of nitrogen functional groups attached to an aromatic ring is 1. The summed E-state index contributed by atoms with van der Waals surface area (Å²) in [4.78, 5) is 8.33. The maximum absolute atomic E-state index is 6.00. The van der Waals surface area contributed by atoms with Crippen LogP contribution in [0.15, 0.2) is 6.07 Å². The maximum atomic E-state index is 6.00. The Bertz CT molecular complexity index is 410. The molecule has 0 aromatic carbocycles. The molecule has 0 spiro atoms. The van der Waals surface area contributed by atoms with Crippen molar-refractivity contribution in [2.45, 2.75) is 52.1 Å². The van der Waals surface area contributed by atoms with Crippen LogP contribution < -0.4 is 15.8 Å². The number of hydrogen-bond donors (Lipinski definition) is 2. The number of nitrogens with two attached hydrogens (primary N) is 1. The molecule has 0 amide bonds. The number of hydrogen-bond acceptors (Lipinski definition) is 5. The molecule has 1 saturated carbocycles. The zero-order valence-corrected chi connectivity index (χ0v) is 11.9. The molecular formula is C14H24N4O. The molecule has 106 valence electrons. The van der Waals surface area contributed by atoms with Crippen LogP contribution in [0.25, 0.3) is 0 Å². The van der Waals surface area contributed by atoms with E-state index in [2.05, 4.69) is 29.1 Å². The average molecular weight is 264 g/mol. The molecule has 2 atom stereocenters. The van der Waals surface area contributed by atoms with Crippen LogP contribution in [-0.4, -0.2) is 22.6 Å². The number of ether oxygens (including phenoxy) is 1. The minimum absolute atomic E-state index is 0.252. The lowest BCUT2D eigenvalue weighted by atomic mass is 9.88. The van der Waals surface area contributed by atoms with Gasteiger partial charge in [-0.05, 0) is 31.6 Å². The second kappa shape index (κ2) is 6.59. The van der Waals surface area contributed by atoms with Crippen molar-refractivity contribution in [3.05, 3.63) is 6.07 Å². The lowest BCUT2D eigenvalue weighted by molar-refractivity contribution is 0.0977. The lowest BCUT2D eigenvalue weighted by Crippen LogP contribution is -2.28. The number of nitrogens with zero attached hydrogens (tertiary/aromatic N) is 2. The Kier molecular flexibility index (Phi) is 4.82. The average Bonchev–Trinajstić information content (AvgIpc) is 2.38. The van der Waals surface area contributed by atoms with E-state index in [4.69, 9.17) is 10.5 Å². The summed E-state index contributed by atoms with van der Waals surface area (Å²) in [5.74, 6) is 2.18. The topological polar surface area (TPSA) is 73.1 Å². The summed E-state index contributed by atoms with van der Waals surface area (Å²) in [5.41, 5.74) is 5.73. The highest BCUT2D eigenvalue weighted by molar-refractivity contribution is 5.42. The van der Waals surface area contributed by atoms with Crippen molar-refractivity contribution < 1.29 is 4.74 Å². The third kappa shape index (κ3) is 3.98. The maximum Gasteiger partial charge on any atom is 0.225 e. The first kappa shape index (κ1) is 13.9. The number of rotatable bonds is 5. The molecule has 3 N–H and O–H groups in total. The van der Waals surface area contributed by atoms with Gasteiger partial charge in [-0.1, -0.05) is 20.3 Å². The highest BCUT2D eigenvalue weighted by Gasteiger charge is 2.23. The fourth-order valence-electron chi connectivity index (χ4n) is 2.46. The van der Waals surface area contributed by atoms with Gasteiger partial charge in [0.25, 0.3) is 0 Å². The van der Waals surface area contributed by atoms with E-state index in [1.165, 1.54) is 19.3 Å². The summed E-state index contributed by atoms with van der Waals surface area (Å²) in [6.45, 7) is 5.22. The molecule has 1 aromatic heterocycles. The molecule has 2 unspecified atom stereocenters. The van der Waals surface area contributed by atoms with Crippen LogP contribution in [0.2, 0.25) is 0 Å². The Morgan fingerprint density at radius 2 is 2.16 bits per heavy atom. The zero-order chi connectivity index (χ0) is 13.7. The predicted molar refractivity (Wildman–Crippen MR) is 77.3 cm³/mol. The smallest absolute Gasteiger partial charge is 0.225 e. The molecule has 5 nitrogen and oxygen atoms in total. The Hall–Kier alpha value is -1.52. The van der Waals surface area contributed by atoms with Crippen LogP contribution >= 0.6 is 0 Å². The van der Waals surface area contributed by atoms with Crippen molar-refractivity contribution in [3.8, 4) is 5.88 Å². The van der Waals surface area contributed by atoms with Gasteiger partial charge >= 0.3 is 0 Å². The molecular weight excluding hydrogens is 240 g/mol. The zero-order valence-electron chi connectivity index (χ0n) is 11.9. The third-order valence-corrected chi connectivity index (χ3v) is 3.58. The van der Waals surface area contributed by atoms with Crippen LogP contribution in [0.4, 0.5) is 11.8 Å². The van der Waals surface area contributed by atoms with E-state index >= 15 is 0 Å². The first-order chi connectivity index (χ1) is 9.19. The van der Waals surface area contributed by atoms with Crippen molar-refractivity contribution in [1.29, 1.82) is 0 Å². The van der Waals surface area contributed by atoms with Gasteiger partial charge in [0.2, 0.25) is 11.8 Å². The van der Waals surface area contributed by atoms with Crippen LogP contribution in [0.3, 0.4) is 0 Å². The largest absolute Gasteiger partial charge is 0.474 e. The second-order valence-electron chi connectivity index (χ2n) is 5.29. The molecule has 0 aliphatic heterocycles. The van der Waals surface area contributed by atoms with E-state index < -0.39 is 0 Å². The molecule has 1 aromatic rings. The first-order valence-corrected chi connectivity index (χ1v) is 7.24. The van der Waals surface area contributed by atoms with E-state index in [0.717, 1.165) is 25.2 Å². The van der Waals surface area contributed by atoms with Crippen molar-refractivity contribution >= 4 is 11.8 Å². The van der Waals surface area contributed by atoms with Gasteiger partial charge in [0.15, 0.2) is 0 Å². The van der Waals surface area contributed by atoms with Crippen molar-refractivity contribution in [1.82, 2.24) is 9.97 Å². The SMILES string of the molecule is CCCNc1cc(OC2CCCCC2C)nc(N)n1. The van der Waals surface area contributed by atoms with Gasteiger partial charge in [-0.25, -0.2) is 0 Å². The molecule has 0 saturated heterocycles. The fourth-order valence-corrected chi connectivity index (χ4v) is 2.46. The van der Waals surface area contributed by atoms with Crippen LogP contribution in [-0.2, 0) is 0 Å².